The Bertz CT molecular complexity index is 583. The van der Waals surface area contributed by atoms with E-state index in [-0.39, 0.29) is 11.5 Å². The molecule has 20 heavy (non-hydrogen) atoms. The molecule has 0 bridgehead atoms. The molecule has 0 radical (unpaired) electrons. The molecule has 106 valence electrons. The fourth-order valence-electron chi connectivity index (χ4n) is 3.87. The van der Waals surface area contributed by atoms with E-state index in [1.807, 2.05) is 12.1 Å². The molecule has 0 aromatic heterocycles. The molecule has 2 aliphatic heterocycles. The van der Waals surface area contributed by atoms with Gasteiger partial charge in [-0.3, -0.25) is 0 Å². The maximum Gasteiger partial charge on any atom is 0.166 e. The average Bonchev–Trinajstić information content (AvgIpc) is 2.66. The molecular formula is C16H19NO3. The lowest BCUT2D eigenvalue weighted by Gasteiger charge is -2.35. The van der Waals surface area contributed by atoms with Gasteiger partial charge in [0.25, 0.3) is 0 Å². The second kappa shape index (κ2) is 4.24. The van der Waals surface area contributed by atoms with E-state index in [2.05, 4.69) is 17.5 Å². The average molecular weight is 273 g/mol. The van der Waals surface area contributed by atoms with Crippen molar-refractivity contribution in [2.24, 2.45) is 0 Å². The Hall–Kier alpha value is -1.52. The van der Waals surface area contributed by atoms with Gasteiger partial charge in [-0.2, -0.15) is 0 Å². The molecule has 1 aromatic carbocycles. The van der Waals surface area contributed by atoms with Crippen molar-refractivity contribution in [3.05, 3.63) is 35.4 Å². The first-order chi connectivity index (χ1) is 9.74. The maximum atomic E-state index is 9.92. The van der Waals surface area contributed by atoms with E-state index in [1.165, 1.54) is 11.1 Å². The highest BCUT2D eigenvalue weighted by molar-refractivity contribution is 5.60. The van der Waals surface area contributed by atoms with Crippen LogP contribution < -0.4 is 14.8 Å². The van der Waals surface area contributed by atoms with Gasteiger partial charge in [0, 0.05) is 18.5 Å². The minimum atomic E-state index is -0.411. The maximum absolute atomic E-state index is 9.92. The summed E-state index contributed by atoms with van der Waals surface area (Å²) in [5, 5.41) is 13.4. The molecule has 4 heteroatoms. The highest BCUT2D eigenvalue weighted by Crippen LogP contribution is 2.55. The molecule has 1 aromatic rings. The lowest BCUT2D eigenvalue weighted by Crippen LogP contribution is -2.42. The lowest BCUT2D eigenvalue weighted by molar-refractivity contribution is 0.0851. The fraction of sp³-hybridized carbons (Fsp3) is 0.500. The van der Waals surface area contributed by atoms with Crippen LogP contribution in [-0.2, 0) is 12.0 Å². The number of ether oxygens (including phenoxy) is 2. The quantitative estimate of drug-likeness (QED) is 0.762. The predicted molar refractivity (Wildman–Crippen MR) is 75.2 cm³/mol. The summed E-state index contributed by atoms with van der Waals surface area (Å²) in [6.07, 6.45) is 5.32. The number of rotatable bonds is 1. The van der Waals surface area contributed by atoms with Crippen LogP contribution in [0.5, 0.6) is 11.5 Å². The standard InChI is InChI=1S/C16H19NO3/c1-19-12-3-2-10-9-17-7-6-16-5-4-11(18)8-13(16)20-15(12)14(10)16/h2-5,11,13,17-18H,6-9H2,1H3/t11-,13?,16?/m0/s1. The van der Waals surface area contributed by atoms with Gasteiger partial charge in [0.15, 0.2) is 11.5 Å². The second-order valence-electron chi connectivity index (χ2n) is 5.87. The third-order valence-corrected chi connectivity index (χ3v) is 4.83. The van der Waals surface area contributed by atoms with Crippen LogP contribution in [0.15, 0.2) is 24.3 Å². The molecule has 0 saturated heterocycles. The van der Waals surface area contributed by atoms with Crippen LogP contribution in [0.3, 0.4) is 0 Å². The number of methoxy groups -OCH3 is 1. The van der Waals surface area contributed by atoms with Crippen LogP contribution >= 0.6 is 0 Å². The summed E-state index contributed by atoms with van der Waals surface area (Å²) < 4.78 is 11.7. The summed E-state index contributed by atoms with van der Waals surface area (Å²) in [7, 11) is 1.68. The van der Waals surface area contributed by atoms with E-state index in [0.29, 0.717) is 6.42 Å². The molecule has 2 unspecified atom stereocenters. The van der Waals surface area contributed by atoms with Crippen molar-refractivity contribution >= 4 is 0 Å². The number of benzene rings is 1. The topological polar surface area (TPSA) is 50.7 Å². The first kappa shape index (κ1) is 12.2. The third-order valence-electron chi connectivity index (χ3n) is 4.83. The van der Waals surface area contributed by atoms with Gasteiger partial charge in [-0.05, 0) is 24.6 Å². The van der Waals surface area contributed by atoms with Crippen molar-refractivity contribution in [1.82, 2.24) is 5.32 Å². The normalized spacial score (nSPS) is 33.9. The molecule has 0 fully saturated rings. The van der Waals surface area contributed by atoms with Crippen molar-refractivity contribution in [2.75, 3.05) is 13.7 Å². The number of nitrogens with one attached hydrogen (secondary N) is 1. The van der Waals surface area contributed by atoms with Crippen molar-refractivity contribution in [2.45, 2.75) is 37.0 Å². The van der Waals surface area contributed by atoms with E-state index in [1.54, 1.807) is 7.11 Å². The van der Waals surface area contributed by atoms with Gasteiger partial charge in [-0.25, -0.2) is 0 Å². The van der Waals surface area contributed by atoms with Gasteiger partial charge in [0.1, 0.15) is 6.10 Å². The van der Waals surface area contributed by atoms with Crippen molar-refractivity contribution in [1.29, 1.82) is 0 Å². The van der Waals surface area contributed by atoms with Crippen LogP contribution in [0.4, 0.5) is 0 Å². The monoisotopic (exact) mass is 273 g/mol. The summed E-state index contributed by atoms with van der Waals surface area (Å²) >= 11 is 0. The van der Waals surface area contributed by atoms with Crippen LogP contribution in [0.25, 0.3) is 0 Å². The Morgan fingerprint density at radius 2 is 2.35 bits per heavy atom. The van der Waals surface area contributed by atoms with Crippen LogP contribution in [-0.4, -0.2) is 31.0 Å². The number of hydrogen-bond donors (Lipinski definition) is 2. The van der Waals surface area contributed by atoms with Crippen LogP contribution in [0.1, 0.15) is 24.0 Å². The van der Waals surface area contributed by atoms with Crippen LogP contribution in [0.2, 0.25) is 0 Å². The van der Waals surface area contributed by atoms with Gasteiger partial charge in [0.2, 0.25) is 0 Å². The zero-order chi connectivity index (χ0) is 13.7. The van der Waals surface area contributed by atoms with Gasteiger partial charge in [-0.15, -0.1) is 0 Å². The van der Waals surface area contributed by atoms with Crippen molar-refractivity contribution in [3.63, 3.8) is 0 Å². The second-order valence-corrected chi connectivity index (χ2v) is 5.87. The van der Waals surface area contributed by atoms with Gasteiger partial charge < -0.3 is 19.9 Å². The largest absolute Gasteiger partial charge is 0.493 e. The molecule has 2 N–H and O–H groups in total. The summed E-state index contributed by atoms with van der Waals surface area (Å²) in [5.74, 6) is 1.67. The summed E-state index contributed by atoms with van der Waals surface area (Å²) in [5.41, 5.74) is 2.43. The molecule has 1 aliphatic carbocycles. The van der Waals surface area contributed by atoms with Gasteiger partial charge in [-0.1, -0.05) is 18.2 Å². The Balaban J connectivity index is 1.96. The van der Waals surface area contributed by atoms with E-state index in [4.69, 9.17) is 9.47 Å². The smallest absolute Gasteiger partial charge is 0.166 e. The van der Waals surface area contributed by atoms with Crippen molar-refractivity contribution in [3.8, 4) is 11.5 Å². The first-order valence-corrected chi connectivity index (χ1v) is 7.20. The molecule has 1 spiro atoms. The highest BCUT2D eigenvalue weighted by atomic mass is 16.5. The Morgan fingerprint density at radius 3 is 3.20 bits per heavy atom. The number of aliphatic hydroxyl groups is 1. The van der Waals surface area contributed by atoms with Crippen molar-refractivity contribution < 1.29 is 14.6 Å². The van der Waals surface area contributed by atoms with E-state index in [9.17, 15) is 5.11 Å². The molecule has 4 rings (SSSR count). The Labute approximate surface area is 118 Å². The molecule has 0 saturated carbocycles. The lowest BCUT2D eigenvalue weighted by atomic mass is 9.69. The molecule has 4 nitrogen and oxygen atoms in total. The predicted octanol–water partition coefficient (Wildman–Crippen LogP) is 1.51. The first-order valence-electron chi connectivity index (χ1n) is 7.20. The molecule has 3 atom stereocenters. The minimum absolute atomic E-state index is 0.00690. The fourth-order valence-corrected chi connectivity index (χ4v) is 3.87. The van der Waals surface area contributed by atoms with Crippen LogP contribution in [0, 0.1) is 0 Å². The molecule has 2 heterocycles. The molecular weight excluding hydrogens is 254 g/mol. The summed E-state index contributed by atoms with van der Waals surface area (Å²) in [6, 6.07) is 4.11. The van der Waals surface area contributed by atoms with E-state index < -0.39 is 6.10 Å². The Morgan fingerprint density at radius 1 is 1.45 bits per heavy atom. The molecule has 3 aliphatic rings. The third kappa shape index (κ3) is 1.49. The zero-order valence-electron chi connectivity index (χ0n) is 11.6. The SMILES string of the molecule is COc1ccc2c3c1OC1C[C@@H](O)C=CC31CCNC2. The van der Waals surface area contributed by atoms with E-state index in [0.717, 1.165) is 31.0 Å². The summed E-state index contributed by atoms with van der Waals surface area (Å²) in [6.45, 7) is 1.82. The number of hydrogen-bond acceptors (Lipinski definition) is 4. The van der Waals surface area contributed by atoms with E-state index >= 15 is 0 Å². The van der Waals surface area contributed by atoms with Gasteiger partial charge >= 0.3 is 0 Å². The number of aliphatic hydroxyl groups excluding tert-OH is 1. The zero-order valence-corrected chi connectivity index (χ0v) is 11.6. The summed E-state index contributed by atoms with van der Waals surface area (Å²) in [4.78, 5) is 0. The highest BCUT2D eigenvalue weighted by Gasteiger charge is 2.52. The minimum Gasteiger partial charge on any atom is -0.493 e. The molecule has 0 amide bonds. The van der Waals surface area contributed by atoms with Gasteiger partial charge in [0.05, 0.1) is 18.6 Å². The Kier molecular flexibility index (Phi) is 2.59.